The van der Waals surface area contributed by atoms with Crippen LogP contribution in [-0.2, 0) is 12.0 Å². The molecule has 0 amide bonds. The first-order valence-electron chi connectivity index (χ1n) is 6.36. The fourth-order valence-corrected chi connectivity index (χ4v) is 2.99. The van der Waals surface area contributed by atoms with E-state index in [0.717, 1.165) is 22.0 Å². The van der Waals surface area contributed by atoms with Crippen LogP contribution in [0.1, 0.15) is 18.2 Å². The molecule has 0 radical (unpaired) electrons. The van der Waals surface area contributed by atoms with E-state index in [1.807, 2.05) is 46.4 Å². The summed E-state index contributed by atoms with van der Waals surface area (Å²) in [6, 6.07) is 7.51. The number of aromatic nitrogens is 2. The van der Waals surface area contributed by atoms with Crippen LogP contribution in [0.4, 0.5) is 0 Å². The Labute approximate surface area is 121 Å². The van der Waals surface area contributed by atoms with Crippen LogP contribution in [-0.4, -0.2) is 21.6 Å². The minimum absolute atomic E-state index is 0.467. The Morgan fingerprint density at radius 1 is 1.45 bits per heavy atom. The second kappa shape index (κ2) is 4.92. The molecule has 1 aromatic carbocycles. The Morgan fingerprint density at radius 2 is 2.30 bits per heavy atom. The summed E-state index contributed by atoms with van der Waals surface area (Å²) in [5.41, 5.74) is 0.733. The van der Waals surface area contributed by atoms with Crippen molar-refractivity contribution in [3.63, 3.8) is 0 Å². The number of hydrogen-bond donors (Lipinski definition) is 1. The van der Waals surface area contributed by atoms with Gasteiger partial charge in [-0.15, -0.1) is 11.3 Å². The number of hydrogen-bond acceptors (Lipinski definition) is 4. The maximum absolute atomic E-state index is 10.7. The molecule has 0 bridgehead atoms. The third-order valence-corrected chi connectivity index (χ3v) is 4.13. The van der Waals surface area contributed by atoms with Gasteiger partial charge < -0.3 is 9.84 Å². The van der Waals surface area contributed by atoms with Crippen molar-refractivity contribution in [2.45, 2.75) is 18.9 Å². The lowest BCUT2D eigenvalue weighted by atomic mass is 9.91. The Bertz CT molecular complexity index is 702. The van der Waals surface area contributed by atoms with Crippen molar-refractivity contribution in [3.8, 4) is 5.75 Å². The average Bonchev–Trinajstić information content (AvgIpc) is 2.99. The molecule has 104 valence electrons. The topological polar surface area (TPSA) is 46.8 Å². The molecular formula is C15H16N2O2S. The Balaban J connectivity index is 1.88. The van der Waals surface area contributed by atoms with E-state index in [2.05, 4.69) is 4.98 Å². The van der Waals surface area contributed by atoms with E-state index in [9.17, 15) is 5.11 Å². The van der Waals surface area contributed by atoms with Gasteiger partial charge in [-0.25, -0.2) is 4.98 Å². The Kier molecular flexibility index (Phi) is 3.23. The van der Waals surface area contributed by atoms with Crippen LogP contribution in [0.3, 0.4) is 0 Å². The summed E-state index contributed by atoms with van der Waals surface area (Å²) < 4.78 is 7.18. The highest BCUT2D eigenvalue weighted by Gasteiger charge is 2.25. The minimum Gasteiger partial charge on any atom is -0.497 e. The first-order valence-corrected chi connectivity index (χ1v) is 7.24. The molecule has 20 heavy (non-hydrogen) atoms. The highest BCUT2D eigenvalue weighted by atomic mass is 32.1. The highest BCUT2D eigenvalue weighted by molar-refractivity contribution is 7.15. The number of aliphatic hydroxyl groups is 1. The van der Waals surface area contributed by atoms with Gasteiger partial charge in [0, 0.05) is 24.2 Å². The van der Waals surface area contributed by atoms with Gasteiger partial charge in [-0.3, -0.25) is 4.40 Å². The summed E-state index contributed by atoms with van der Waals surface area (Å²) in [6.07, 6.45) is 4.39. The molecule has 0 aliphatic heterocycles. The first kappa shape index (κ1) is 13.1. The second-order valence-electron chi connectivity index (χ2n) is 5.01. The normalized spacial score (nSPS) is 14.3. The molecule has 2 aromatic heterocycles. The minimum atomic E-state index is -0.974. The zero-order valence-electron chi connectivity index (χ0n) is 11.4. The first-order chi connectivity index (χ1) is 9.58. The monoisotopic (exact) mass is 288 g/mol. The zero-order valence-corrected chi connectivity index (χ0v) is 12.2. The zero-order chi connectivity index (χ0) is 14.2. The van der Waals surface area contributed by atoms with Crippen LogP contribution in [0.15, 0.2) is 42.0 Å². The van der Waals surface area contributed by atoms with Crippen molar-refractivity contribution < 1.29 is 9.84 Å². The molecular weight excluding hydrogens is 272 g/mol. The largest absolute Gasteiger partial charge is 0.497 e. The van der Waals surface area contributed by atoms with E-state index in [0.29, 0.717) is 6.42 Å². The summed E-state index contributed by atoms with van der Waals surface area (Å²) in [4.78, 5) is 5.46. The summed E-state index contributed by atoms with van der Waals surface area (Å²) in [6.45, 7) is 1.80. The smallest absolute Gasteiger partial charge is 0.193 e. The lowest BCUT2D eigenvalue weighted by molar-refractivity contribution is 0.0565. The van der Waals surface area contributed by atoms with Crippen molar-refractivity contribution in [3.05, 3.63) is 53.3 Å². The number of ether oxygens (including phenoxy) is 1. The quantitative estimate of drug-likeness (QED) is 0.803. The van der Waals surface area contributed by atoms with Gasteiger partial charge in [0.1, 0.15) is 5.75 Å². The van der Waals surface area contributed by atoms with Crippen molar-refractivity contribution in [1.82, 2.24) is 9.38 Å². The van der Waals surface area contributed by atoms with E-state index < -0.39 is 5.60 Å². The number of nitrogens with zero attached hydrogens (tertiary/aromatic N) is 2. The number of methoxy groups -OCH3 is 1. The van der Waals surface area contributed by atoms with Crippen LogP contribution >= 0.6 is 11.3 Å². The number of rotatable bonds is 4. The summed E-state index contributed by atoms with van der Waals surface area (Å²) in [7, 11) is 1.62. The Hall–Kier alpha value is -1.85. The highest BCUT2D eigenvalue weighted by Crippen LogP contribution is 2.28. The van der Waals surface area contributed by atoms with Crippen LogP contribution in [0, 0.1) is 0 Å². The number of thiazole rings is 1. The van der Waals surface area contributed by atoms with E-state index in [1.54, 1.807) is 25.4 Å². The summed E-state index contributed by atoms with van der Waals surface area (Å²) in [5, 5.41) is 12.7. The van der Waals surface area contributed by atoms with E-state index in [4.69, 9.17) is 4.74 Å². The molecule has 0 aliphatic carbocycles. The second-order valence-corrected chi connectivity index (χ2v) is 5.88. The third kappa shape index (κ3) is 2.42. The van der Waals surface area contributed by atoms with E-state index >= 15 is 0 Å². The van der Waals surface area contributed by atoms with Gasteiger partial charge in [-0.1, -0.05) is 12.1 Å². The van der Waals surface area contributed by atoms with E-state index in [1.165, 1.54) is 0 Å². The molecule has 1 N–H and O–H groups in total. The van der Waals surface area contributed by atoms with Crippen molar-refractivity contribution >= 4 is 16.3 Å². The lowest BCUT2D eigenvalue weighted by Gasteiger charge is -2.23. The fourth-order valence-electron chi connectivity index (χ4n) is 2.27. The molecule has 1 unspecified atom stereocenters. The maximum Gasteiger partial charge on any atom is 0.193 e. The Morgan fingerprint density at radius 3 is 3.05 bits per heavy atom. The molecule has 3 rings (SSSR count). The van der Waals surface area contributed by atoms with Gasteiger partial charge in [0.2, 0.25) is 0 Å². The van der Waals surface area contributed by atoms with E-state index in [-0.39, 0.29) is 0 Å². The molecule has 5 heteroatoms. The van der Waals surface area contributed by atoms with Gasteiger partial charge in [-0.05, 0) is 24.6 Å². The molecule has 2 heterocycles. The fraction of sp³-hybridized carbons (Fsp3) is 0.267. The average molecular weight is 288 g/mol. The van der Waals surface area contributed by atoms with Crippen LogP contribution < -0.4 is 4.74 Å². The SMILES string of the molecule is COc1cccc(C(C)(O)Cc2cn3ccsc3n2)c1. The van der Waals surface area contributed by atoms with Gasteiger partial charge in [0.25, 0.3) is 0 Å². The van der Waals surface area contributed by atoms with Gasteiger partial charge >= 0.3 is 0 Å². The van der Waals surface area contributed by atoms with Gasteiger partial charge in [0.15, 0.2) is 4.96 Å². The number of benzene rings is 1. The number of fused-ring (bicyclic) bond motifs is 1. The predicted molar refractivity (Wildman–Crippen MR) is 79.3 cm³/mol. The maximum atomic E-state index is 10.7. The summed E-state index contributed by atoms with van der Waals surface area (Å²) >= 11 is 1.59. The molecule has 0 spiro atoms. The summed E-state index contributed by atoms with van der Waals surface area (Å²) in [5.74, 6) is 0.744. The lowest BCUT2D eigenvalue weighted by Crippen LogP contribution is -2.24. The van der Waals surface area contributed by atoms with Crippen molar-refractivity contribution in [2.24, 2.45) is 0 Å². The standard InChI is InChI=1S/C15H16N2O2S/c1-15(18,11-4-3-5-13(8-11)19-2)9-12-10-17-6-7-20-14(17)16-12/h3-8,10,18H,9H2,1-2H3. The van der Waals surface area contributed by atoms with Crippen LogP contribution in [0.2, 0.25) is 0 Å². The molecule has 0 aliphatic rings. The molecule has 3 aromatic rings. The van der Waals surface area contributed by atoms with Crippen molar-refractivity contribution in [1.29, 1.82) is 0 Å². The molecule has 4 nitrogen and oxygen atoms in total. The molecule has 1 atom stereocenters. The van der Waals surface area contributed by atoms with Crippen molar-refractivity contribution in [2.75, 3.05) is 7.11 Å². The van der Waals surface area contributed by atoms with Gasteiger partial charge in [0.05, 0.1) is 18.4 Å². The molecule has 0 saturated heterocycles. The third-order valence-electron chi connectivity index (χ3n) is 3.36. The van der Waals surface area contributed by atoms with Crippen LogP contribution in [0.25, 0.3) is 4.96 Å². The molecule has 0 fully saturated rings. The molecule has 0 saturated carbocycles. The van der Waals surface area contributed by atoms with Crippen LogP contribution in [0.5, 0.6) is 5.75 Å². The van der Waals surface area contributed by atoms with Gasteiger partial charge in [-0.2, -0.15) is 0 Å². The number of imidazole rings is 1. The predicted octanol–water partition coefficient (Wildman–Crippen LogP) is 2.85.